The Morgan fingerprint density at radius 3 is 2.05 bits per heavy atom. The summed E-state index contributed by atoms with van der Waals surface area (Å²) < 4.78 is 5.45. The zero-order valence-corrected chi connectivity index (χ0v) is 13.0. The minimum atomic E-state index is 0. The summed E-state index contributed by atoms with van der Waals surface area (Å²) in [5, 5.41) is 0. The van der Waals surface area contributed by atoms with Crippen LogP contribution in [0.2, 0.25) is 0 Å². The first-order valence-electron chi connectivity index (χ1n) is 7.02. The van der Waals surface area contributed by atoms with Gasteiger partial charge in [0.2, 0.25) is 0 Å². The fourth-order valence-corrected chi connectivity index (χ4v) is 2.54. The molecular formula is C18H19FeNO+2. The van der Waals surface area contributed by atoms with Gasteiger partial charge in [-0.25, -0.2) is 0 Å². The molecule has 0 aromatic rings. The van der Waals surface area contributed by atoms with Gasteiger partial charge in [-0.3, -0.25) is 0 Å². The van der Waals surface area contributed by atoms with E-state index < -0.39 is 0 Å². The third-order valence-electron chi connectivity index (χ3n) is 3.65. The molecule has 0 bridgehead atoms. The van der Waals surface area contributed by atoms with Crippen molar-refractivity contribution in [3.05, 3.63) is 87.1 Å². The second-order valence-electron chi connectivity index (χ2n) is 5.00. The number of nitrogens with zero attached hydrogens (tertiary/aromatic N) is 1. The van der Waals surface area contributed by atoms with Gasteiger partial charge in [-0.1, -0.05) is 6.58 Å². The van der Waals surface area contributed by atoms with Gasteiger partial charge in [-0.05, 0) is 63.0 Å². The molecule has 2 aliphatic carbocycles. The summed E-state index contributed by atoms with van der Waals surface area (Å²) in [5.74, 6) is 2.43. The Kier molecular flexibility index (Phi) is 6.85. The molecule has 0 unspecified atom stereocenters. The molecule has 1 saturated heterocycles. The van der Waals surface area contributed by atoms with Crippen LogP contribution in [0.15, 0.2) is 23.9 Å². The van der Waals surface area contributed by atoms with Gasteiger partial charge in [-0.2, -0.15) is 0 Å². The molecule has 0 N–H and O–H groups in total. The molecule has 3 heteroatoms. The van der Waals surface area contributed by atoms with Gasteiger partial charge in [0.1, 0.15) is 0 Å². The first kappa shape index (κ1) is 17.1. The number of hydrogen-bond donors (Lipinski definition) is 0. The van der Waals surface area contributed by atoms with Gasteiger partial charge in [-0.15, -0.1) is 0 Å². The van der Waals surface area contributed by atoms with Crippen molar-refractivity contribution in [3.8, 4) is 0 Å². The molecule has 1 aliphatic heterocycles. The first-order chi connectivity index (χ1) is 9.84. The number of ether oxygens (including phenoxy) is 1. The Labute approximate surface area is 140 Å². The van der Waals surface area contributed by atoms with Crippen LogP contribution in [-0.2, 0) is 21.8 Å². The standard InChI is InChI=1S/C18H19NO.Fe/c1-15(16-6-2-3-7-16)14-18(17-8-4-5-9-17)19-10-12-20-13-11-19;/h2-9,14H,1,10-13H2;/q;+2/b18-14+;. The van der Waals surface area contributed by atoms with Crippen LogP contribution in [0, 0.1) is 63.2 Å². The molecule has 21 heavy (non-hydrogen) atoms. The summed E-state index contributed by atoms with van der Waals surface area (Å²) in [6.45, 7) is 7.66. The van der Waals surface area contributed by atoms with Crippen molar-refractivity contribution in [1.82, 2.24) is 4.90 Å². The van der Waals surface area contributed by atoms with E-state index in [0.29, 0.717) is 0 Å². The first-order valence-corrected chi connectivity index (χ1v) is 7.02. The zero-order valence-electron chi connectivity index (χ0n) is 11.9. The molecule has 3 fully saturated rings. The molecule has 0 spiro atoms. The van der Waals surface area contributed by atoms with Gasteiger partial charge in [0, 0.05) is 30.6 Å². The number of morpholine rings is 1. The summed E-state index contributed by atoms with van der Waals surface area (Å²) in [5.41, 5.74) is 2.29. The van der Waals surface area contributed by atoms with Crippen LogP contribution in [0.3, 0.4) is 0 Å². The van der Waals surface area contributed by atoms with E-state index in [-0.39, 0.29) is 17.1 Å². The maximum atomic E-state index is 5.45. The molecule has 2 nitrogen and oxygen atoms in total. The van der Waals surface area contributed by atoms with E-state index in [1.807, 2.05) is 12.8 Å². The van der Waals surface area contributed by atoms with E-state index in [1.165, 1.54) is 17.5 Å². The Hall–Kier alpha value is -0.241. The third kappa shape index (κ3) is 4.37. The summed E-state index contributed by atoms with van der Waals surface area (Å²) in [6.07, 6.45) is 18.9. The second kappa shape index (κ2) is 8.41. The third-order valence-corrected chi connectivity index (χ3v) is 3.65. The summed E-state index contributed by atoms with van der Waals surface area (Å²) >= 11 is 0. The van der Waals surface area contributed by atoms with Gasteiger partial charge in [0.25, 0.3) is 0 Å². The molecule has 0 amide bonds. The Balaban J connectivity index is 0.00000161. The maximum absolute atomic E-state index is 5.45. The SMILES string of the molecule is C=C(/C=C(\[C]1[CH][CH][CH][CH]1)N1CCOCC1)[C]1[CH][CH][CH][CH]1.[Fe+2]. The molecule has 0 atom stereocenters. The van der Waals surface area contributed by atoms with Gasteiger partial charge >= 0.3 is 17.1 Å². The quantitative estimate of drug-likeness (QED) is 0.583. The van der Waals surface area contributed by atoms with Crippen LogP contribution >= 0.6 is 0 Å². The van der Waals surface area contributed by atoms with Crippen LogP contribution in [0.25, 0.3) is 0 Å². The largest absolute Gasteiger partial charge is 2.00 e. The predicted octanol–water partition coefficient (Wildman–Crippen LogP) is 2.57. The molecule has 0 aromatic heterocycles. The molecule has 10 radical (unpaired) electrons. The van der Waals surface area contributed by atoms with E-state index in [2.05, 4.69) is 56.1 Å². The smallest absolute Gasteiger partial charge is 0.378 e. The Morgan fingerprint density at radius 1 is 0.952 bits per heavy atom. The zero-order chi connectivity index (χ0) is 13.8. The Morgan fingerprint density at radius 2 is 1.48 bits per heavy atom. The minimum Gasteiger partial charge on any atom is -0.378 e. The summed E-state index contributed by atoms with van der Waals surface area (Å²) in [4.78, 5) is 2.38. The average Bonchev–Trinajstić information content (AvgIpc) is 3.18. The van der Waals surface area contributed by atoms with Crippen molar-refractivity contribution in [2.45, 2.75) is 0 Å². The van der Waals surface area contributed by atoms with Crippen molar-refractivity contribution in [2.75, 3.05) is 26.3 Å². The predicted molar refractivity (Wildman–Crippen MR) is 80.5 cm³/mol. The van der Waals surface area contributed by atoms with Crippen molar-refractivity contribution in [1.29, 1.82) is 0 Å². The fourth-order valence-electron chi connectivity index (χ4n) is 2.54. The number of allylic oxidation sites excluding steroid dienone is 3. The van der Waals surface area contributed by atoms with Gasteiger partial charge in [0.15, 0.2) is 0 Å². The van der Waals surface area contributed by atoms with Crippen LogP contribution in [0.4, 0.5) is 0 Å². The van der Waals surface area contributed by atoms with Crippen LogP contribution in [0.1, 0.15) is 0 Å². The van der Waals surface area contributed by atoms with Gasteiger partial charge in [0.05, 0.1) is 13.2 Å². The monoisotopic (exact) mass is 321 g/mol. The Bertz CT molecular complexity index is 361. The van der Waals surface area contributed by atoms with E-state index in [4.69, 9.17) is 4.74 Å². The minimum absolute atomic E-state index is 0. The van der Waals surface area contributed by atoms with Crippen LogP contribution < -0.4 is 0 Å². The molecule has 0 aromatic carbocycles. The molecular weight excluding hydrogens is 302 g/mol. The number of hydrogen-bond acceptors (Lipinski definition) is 2. The summed E-state index contributed by atoms with van der Waals surface area (Å²) in [6, 6.07) is 0. The van der Waals surface area contributed by atoms with E-state index in [1.54, 1.807) is 0 Å². The van der Waals surface area contributed by atoms with Crippen LogP contribution in [0.5, 0.6) is 0 Å². The maximum Gasteiger partial charge on any atom is 2.00 e. The van der Waals surface area contributed by atoms with Crippen molar-refractivity contribution in [3.63, 3.8) is 0 Å². The van der Waals surface area contributed by atoms with Crippen molar-refractivity contribution in [2.24, 2.45) is 0 Å². The second-order valence-corrected chi connectivity index (χ2v) is 5.00. The topological polar surface area (TPSA) is 12.5 Å². The van der Waals surface area contributed by atoms with E-state index in [0.717, 1.165) is 31.9 Å². The molecule has 2 saturated carbocycles. The normalized spacial score (nSPS) is 25.1. The number of rotatable bonds is 4. The molecule has 3 aliphatic rings. The molecule has 108 valence electrons. The van der Waals surface area contributed by atoms with E-state index in [9.17, 15) is 0 Å². The fraction of sp³-hybridized carbons (Fsp3) is 0.222. The summed E-state index contributed by atoms with van der Waals surface area (Å²) in [7, 11) is 0. The van der Waals surface area contributed by atoms with Crippen molar-refractivity contribution >= 4 is 0 Å². The van der Waals surface area contributed by atoms with Gasteiger partial charge < -0.3 is 9.64 Å². The van der Waals surface area contributed by atoms with E-state index >= 15 is 0 Å². The molecule has 3 rings (SSSR count). The molecule has 1 heterocycles. The van der Waals surface area contributed by atoms with Crippen molar-refractivity contribution < 1.29 is 21.8 Å². The van der Waals surface area contributed by atoms with Crippen LogP contribution in [-0.4, -0.2) is 31.2 Å². The average molecular weight is 321 g/mol.